The number of benzene rings is 1. The highest BCUT2D eigenvalue weighted by atomic mass is 16.3. The molecule has 1 aliphatic rings. The summed E-state index contributed by atoms with van der Waals surface area (Å²) in [5, 5.41) is 20.1. The number of carbonyl (C=O) groups excluding carboxylic acids is 1. The first kappa shape index (κ1) is 15.7. The normalized spacial score (nSPS) is 20.7. The molecule has 1 fully saturated rings. The van der Waals surface area contributed by atoms with Crippen molar-refractivity contribution in [1.29, 1.82) is 0 Å². The standard InChI is InChI=1S/C17H22N4O2/c1-11-5-3-4-6-15(11)21-12(2)14(9-20-21)17(23)19-8-13-7-18-10-16(13)22/h3-6,9,13,16,18,22H,7-8,10H2,1-2H3,(H,19,23). The van der Waals surface area contributed by atoms with Crippen molar-refractivity contribution in [3.8, 4) is 5.69 Å². The second-order valence-corrected chi connectivity index (χ2v) is 6.04. The van der Waals surface area contributed by atoms with Gasteiger partial charge in [-0.1, -0.05) is 18.2 Å². The van der Waals surface area contributed by atoms with E-state index in [0.29, 0.717) is 18.7 Å². The molecule has 2 heterocycles. The minimum Gasteiger partial charge on any atom is -0.391 e. The summed E-state index contributed by atoms with van der Waals surface area (Å²) < 4.78 is 1.79. The number of β-amino-alcohol motifs (C(OH)–C–C–N with tert-alkyl or cyclic N) is 1. The number of aryl methyl sites for hydroxylation is 1. The maximum atomic E-state index is 12.4. The molecule has 0 radical (unpaired) electrons. The summed E-state index contributed by atoms with van der Waals surface area (Å²) in [5.74, 6) is -0.0906. The average Bonchev–Trinajstić information content (AvgIpc) is 3.11. The molecule has 2 unspecified atom stereocenters. The Hall–Kier alpha value is -2.18. The van der Waals surface area contributed by atoms with E-state index in [-0.39, 0.29) is 11.8 Å². The molecule has 1 amide bonds. The largest absolute Gasteiger partial charge is 0.391 e. The zero-order chi connectivity index (χ0) is 16.4. The highest BCUT2D eigenvalue weighted by molar-refractivity contribution is 5.95. The van der Waals surface area contributed by atoms with Crippen LogP contribution in [0.1, 0.15) is 21.6 Å². The fraction of sp³-hybridized carbons (Fsp3) is 0.412. The van der Waals surface area contributed by atoms with Gasteiger partial charge in [-0.2, -0.15) is 5.10 Å². The number of aliphatic hydroxyl groups is 1. The van der Waals surface area contributed by atoms with Gasteiger partial charge < -0.3 is 15.7 Å². The first-order valence-corrected chi connectivity index (χ1v) is 7.85. The van der Waals surface area contributed by atoms with E-state index in [1.165, 1.54) is 0 Å². The summed E-state index contributed by atoms with van der Waals surface area (Å²) in [7, 11) is 0. The van der Waals surface area contributed by atoms with E-state index in [1.54, 1.807) is 10.9 Å². The van der Waals surface area contributed by atoms with Crippen molar-refractivity contribution < 1.29 is 9.90 Å². The monoisotopic (exact) mass is 314 g/mol. The Bertz CT molecular complexity index is 710. The van der Waals surface area contributed by atoms with Crippen molar-refractivity contribution in [1.82, 2.24) is 20.4 Å². The SMILES string of the molecule is Cc1ccccc1-n1ncc(C(=O)NCC2CNCC2O)c1C. The van der Waals surface area contributed by atoms with Gasteiger partial charge in [-0.05, 0) is 25.5 Å². The van der Waals surface area contributed by atoms with Crippen molar-refractivity contribution in [2.45, 2.75) is 20.0 Å². The lowest BCUT2D eigenvalue weighted by molar-refractivity contribution is 0.0926. The third-order valence-electron chi connectivity index (χ3n) is 4.43. The minimum atomic E-state index is -0.397. The molecular weight excluding hydrogens is 292 g/mol. The second-order valence-electron chi connectivity index (χ2n) is 6.04. The topological polar surface area (TPSA) is 79.2 Å². The summed E-state index contributed by atoms with van der Waals surface area (Å²) in [6.07, 6.45) is 1.20. The fourth-order valence-electron chi connectivity index (χ4n) is 2.92. The van der Waals surface area contributed by atoms with E-state index in [4.69, 9.17) is 0 Å². The van der Waals surface area contributed by atoms with Crippen LogP contribution >= 0.6 is 0 Å². The van der Waals surface area contributed by atoms with Gasteiger partial charge >= 0.3 is 0 Å². The summed E-state index contributed by atoms with van der Waals surface area (Å²) in [6, 6.07) is 7.94. The molecule has 3 rings (SSSR count). The lowest BCUT2D eigenvalue weighted by Crippen LogP contribution is -2.34. The molecular formula is C17H22N4O2. The van der Waals surface area contributed by atoms with E-state index in [0.717, 1.165) is 23.5 Å². The van der Waals surface area contributed by atoms with Gasteiger partial charge in [-0.25, -0.2) is 4.68 Å². The number of para-hydroxylation sites is 1. The second kappa shape index (κ2) is 6.52. The molecule has 2 aromatic rings. The van der Waals surface area contributed by atoms with Crippen molar-refractivity contribution in [2.75, 3.05) is 19.6 Å². The molecule has 0 saturated carbocycles. The van der Waals surface area contributed by atoms with Gasteiger partial charge in [0, 0.05) is 25.6 Å². The number of aliphatic hydroxyl groups excluding tert-OH is 1. The summed E-state index contributed by atoms with van der Waals surface area (Å²) in [6.45, 7) is 5.68. The maximum absolute atomic E-state index is 12.4. The summed E-state index contributed by atoms with van der Waals surface area (Å²) >= 11 is 0. The quantitative estimate of drug-likeness (QED) is 0.780. The Morgan fingerprint density at radius 1 is 1.39 bits per heavy atom. The lowest BCUT2D eigenvalue weighted by atomic mass is 10.1. The molecule has 122 valence electrons. The fourth-order valence-corrected chi connectivity index (χ4v) is 2.92. The Balaban J connectivity index is 1.74. The number of nitrogens with one attached hydrogen (secondary N) is 2. The molecule has 1 saturated heterocycles. The van der Waals surface area contributed by atoms with Crippen molar-refractivity contribution in [3.05, 3.63) is 47.3 Å². The molecule has 1 aliphatic heterocycles. The molecule has 0 spiro atoms. The number of hydrogen-bond acceptors (Lipinski definition) is 4. The van der Waals surface area contributed by atoms with Gasteiger partial charge in [0.1, 0.15) is 0 Å². The van der Waals surface area contributed by atoms with E-state index in [2.05, 4.69) is 15.7 Å². The number of hydrogen-bond donors (Lipinski definition) is 3. The lowest BCUT2D eigenvalue weighted by Gasteiger charge is -2.14. The van der Waals surface area contributed by atoms with Crippen LogP contribution in [0.5, 0.6) is 0 Å². The zero-order valence-corrected chi connectivity index (χ0v) is 13.4. The van der Waals surface area contributed by atoms with Crippen LogP contribution in [0.3, 0.4) is 0 Å². The molecule has 6 nitrogen and oxygen atoms in total. The Labute approximate surface area is 135 Å². The van der Waals surface area contributed by atoms with Crippen LogP contribution in [-0.4, -0.2) is 46.5 Å². The predicted octanol–water partition coefficient (Wildman–Crippen LogP) is 0.799. The molecule has 0 aliphatic carbocycles. The summed E-state index contributed by atoms with van der Waals surface area (Å²) in [4.78, 5) is 12.4. The molecule has 2 atom stereocenters. The van der Waals surface area contributed by atoms with Gasteiger partial charge in [0.2, 0.25) is 0 Å². The number of carbonyl (C=O) groups is 1. The number of nitrogens with zero attached hydrogens (tertiary/aromatic N) is 2. The van der Waals surface area contributed by atoms with Gasteiger partial charge in [0.15, 0.2) is 0 Å². The Morgan fingerprint density at radius 2 is 2.17 bits per heavy atom. The van der Waals surface area contributed by atoms with Crippen LogP contribution in [0.4, 0.5) is 0 Å². The third kappa shape index (κ3) is 3.13. The molecule has 0 bridgehead atoms. The van der Waals surface area contributed by atoms with Crippen LogP contribution < -0.4 is 10.6 Å². The van der Waals surface area contributed by atoms with Crippen molar-refractivity contribution >= 4 is 5.91 Å². The first-order chi connectivity index (χ1) is 11.1. The van der Waals surface area contributed by atoms with E-state index >= 15 is 0 Å². The maximum Gasteiger partial charge on any atom is 0.254 e. The van der Waals surface area contributed by atoms with Crippen molar-refractivity contribution in [2.24, 2.45) is 5.92 Å². The Morgan fingerprint density at radius 3 is 2.87 bits per heavy atom. The highest BCUT2D eigenvalue weighted by Crippen LogP contribution is 2.17. The van der Waals surface area contributed by atoms with Crippen LogP contribution in [-0.2, 0) is 0 Å². The average molecular weight is 314 g/mol. The molecule has 3 N–H and O–H groups in total. The molecule has 23 heavy (non-hydrogen) atoms. The number of amides is 1. The van der Waals surface area contributed by atoms with E-state index in [1.807, 2.05) is 38.1 Å². The van der Waals surface area contributed by atoms with Crippen molar-refractivity contribution in [3.63, 3.8) is 0 Å². The van der Waals surface area contributed by atoms with E-state index in [9.17, 15) is 9.90 Å². The van der Waals surface area contributed by atoms with Gasteiger partial charge in [-0.3, -0.25) is 4.79 Å². The molecule has 6 heteroatoms. The Kier molecular flexibility index (Phi) is 4.45. The third-order valence-corrected chi connectivity index (χ3v) is 4.43. The highest BCUT2D eigenvalue weighted by Gasteiger charge is 2.25. The van der Waals surface area contributed by atoms with Crippen LogP contribution in [0.15, 0.2) is 30.5 Å². The number of rotatable bonds is 4. The van der Waals surface area contributed by atoms with Crippen LogP contribution in [0.2, 0.25) is 0 Å². The zero-order valence-electron chi connectivity index (χ0n) is 13.4. The molecule has 1 aromatic heterocycles. The van der Waals surface area contributed by atoms with Crippen LogP contribution in [0.25, 0.3) is 5.69 Å². The van der Waals surface area contributed by atoms with E-state index < -0.39 is 6.10 Å². The minimum absolute atomic E-state index is 0.0608. The molecule has 1 aromatic carbocycles. The predicted molar refractivity (Wildman–Crippen MR) is 87.7 cm³/mol. The smallest absolute Gasteiger partial charge is 0.254 e. The number of aromatic nitrogens is 2. The first-order valence-electron chi connectivity index (χ1n) is 7.85. The summed E-state index contributed by atoms with van der Waals surface area (Å²) in [5.41, 5.74) is 3.45. The van der Waals surface area contributed by atoms with Crippen LogP contribution in [0, 0.1) is 19.8 Å². The van der Waals surface area contributed by atoms with Gasteiger partial charge in [-0.15, -0.1) is 0 Å². The van der Waals surface area contributed by atoms with Gasteiger partial charge in [0.05, 0.1) is 29.2 Å². The van der Waals surface area contributed by atoms with Gasteiger partial charge in [0.25, 0.3) is 5.91 Å².